The maximum absolute atomic E-state index is 12.3. The Kier molecular flexibility index (Phi) is 11.4. The molecule has 208 valence electrons. The van der Waals surface area contributed by atoms with E-state index in [1.54, 1.807) is 18.2 Å². The van der Waals surface area contributed by atoms with Crippen LogP contribution in [0.2, 0.25) is 0 Å². The molecule has 8 heteroatoms. The summed E-state index contributed by atoms with van der Waals surface area (Å²) in [6, 6.07) is 16.5. The number of nitrogens with one attached hydrogen (secondary N) is 2. The number of rotatable bonds is 7. The third-order valence-corrected chi connectivity index (χ3v) is 5.83. The molecule has 2 amide bonds. The van der Waals surface area contributed by atoms with Crippen LogP contribution < -0.4 is 15.4 Å². The second kappa shape index (κ2) is 15.0. The minimum atomic E-state index is -0.393. The minimum Gasteiger partial charge on any atom is -0.494 e. The number of carbonyl (C=O) groups is 1. The van der Waals surface area contributed by atoms with Gasteiger partial charge in [-0.2, -0.15) is 0 Å². The van der Waals surface area contributed by atoms with Gasteiger partial charge in [-0.05, 0) is 55.0 Å². The number of benzene rings is 2. The highest BCUT2D eigenvalue weighted by atomic mass is 16.5. The molecule has 4 rings (SSSR count). The first kappa shape index (κ1) is 29.8. The van der Waals surface area contributed by atoms with E-state index >= 15 is 0 Å². The largest absolute Gasteiger partial charge is 0.494 e. The van der Waals surface area contributed by atoms with Crippen LogP contribution in [0.1, 0.15) is 57.9 Å². The van der Waals surface area contributed by atoms with E-state index in [0.29, 0.717) is 23.9 Å². The van der Waals surface area contributed by atoms with Gasteiger partial charge in [0.2, 0.25) is 0 Å². The molecular formula is C31H40N4O4. The highest BCUT2D eigenvalue weighted by molar-refractivity contribution is 5.99. The van der Waals surface area contributed by atoms with Crippen molar-refractivity contribution >= 4 is 17.5 Å². The number of urea groups is 1. The Bertz CT molecular complexity index is 1210. The Hall–Kier alpha value is -3.80. The molecule has 1 saturated heterocycles. The zero-order chi connectivity index (χ0) is 28.1. The monoisotopic (exact) mass is 532 g/mol. The first-order valence-corrected chi connectivity index (χ1v) is 13.6. The standard InChI is InChI=1S/C29H34N4O4.C2H6/c1-29(2,3)26-21-27(32-37-26)31-28(34)30-24-11-7-22(8-12-24)5-6-23-9-13-25(14-10-23)36-18-4-15-33-16-19-35-20-17-33;1-2/h7-14,21H,4,15-20H2,1-3H3,(H2,30,31,32,34);1-2H3. The van der Waals surface area contributed by atoms with Crippen molar-refractivity contribution in [2.24, 2.45) is 0 Å². The van der Waals surface area contributed by atoms with Gasteiger partial charge in [-0.25, -0.2) is 4.79 Å². The van der Waals surface area contributed by atoms with Gasteiger partial charge in [0.1, 0.15) is 11.5 Å². The molecule has 8 nitrogen and oxygen atoms in total. The van der Waals surface area contributed by atoms with Crippen LogP contribution in [-0.2, 0) is 10.2 Å². The lowest BCUT2D eigenvalue weighted by Gasteiger charge is -2.26. The third kappa shape index (κ3) is 10.1. The van der Waals surface area contributed by atoms with E-state index < -0.39 is 6.03 Å². The van der Waals surface area contributed by atoms with Crippen molar-refractivity contribution in [2.45, 2.75) is 46.5 Å². The molecule has 2 N–H and O–H groups in total. The van der Waals surface area contributed by atoms with Crippen LogP contribution in [0.4, 0.5) is 16.3 Å². The molecule has 39 heavy (non-hydrogen) atoms. The quantitative estimate of drug-likeness (QED) is 0.281. The van der Waals surface area contributed by atoms with Crippen molar-refractivity contribution in [1.29, 1.82) is 0 Å². The van der Waals surface area contributed by atoms with Crippen molar-refractivity contribution < 1.29 is 18.8 Å². The molecule has 1 aliphatic heterocycles. The zero-order valence-electron chi connectivity index (χ0n) is 23.7. The molecule has 0 bridgehead atoms. The number of ether oxygens (including phenoxy) is 2. The number of amides is 2. The molecular weight excluding hydrogens is 492 g/mol. The highest BCUT2D eigenvalue weighted by Gasteiger charge is 2.20. The maximum atomic E-state index is 12.3. The fraction of sp³-hybridized carbons (Fsp3) is 0.419. The van der Waals surface area contributed by atoms with Crippen molar-refractivity contribution in [3.63, 3.8) is 0 Å². The highest BCUT2D eigenvalue weighted by Crippen LogP contribution is 2.24. The second-order valence-electron chi connectivity index (χ2n) is 9.91. The van der Waals surface area contributed by atoms with Gasteiger partial charge in [0.25, 0.3) is 0 Å². The molecule has 3 aromatic rings. The van der Waals surface area contributed by atoms with E-state index in [-0.39, 0.29) is 5.41 Å². The van der Waals surface area contributed by atoms with E-state index in [1.807, 2.05) is 71.0 Å². The smallest absolute Gasteiger partial charge is 0.324 e. The van der Waals surface area contributed by atoms with E-state index in [4.69, 9.17) is 14.0 Å². The third-order valence-electron chi connectivity index (χ3n) is 5.83. The van der Waals surface area contributed by atoms with Gasteiger partial charge in [-0.15, -0.1) is 0 Å². The zero-order valence-corrected chi connectivity index (χ0v) is 23.7. The number of anilines is 2. The summed E-state index contributed by atoms with van der Waals surface area (Å²) in [5.41, 5.74) is 2.22. The van der Waals surface area contributed by atoms with Crippen molar-refractivity contribution in [2.75, 3.05) is 50.1 Å². The fourth-order valence-electron chi connectivity index (χ4n) is 3.68. The fourth-order valence-corrected chi connectivity index (χ4v) is 3.68. The first-order valence-electron chi connectivity index (χ1n) is 13.6. The number of aromatic nitrogens is 1. The molecule has 0 unspecified atom stereocenters. The minimum absolute atomic E-state index is 0.181. The molecule has 0 radical (unpaired) electrons. The maximum Gasteiger partial charge on any atom is 0.324 e. The molecule has 2 heterocycles. The van der Waals surface area contributed by atoms with E-state index in [9.17, 15) is 4.79 Å². The molecule has 0 atom stereocenters. The summed E-state index contributed by atoms with van der Waals surface area (Å²) in [5.74, 6) is 8.23. The number of carbonyl (C=O) groups excluding carboxylic acids is 1. The second-order valence-corrected chi connectivity index (χ2v) is 9.91. The van der Waals surface area contributed by atoms with E-state index in [2.05, 4.69) is 32.5 Å². The topological polar surface area (TPSA) is 88.9 Å². The van der Waals surface area contributed by atoms with E-state index in [1.165, 1.54) is 0 Å². The van der Waals surface area contributed by atoms with Gasteiger partial charge in [0, 0.05) is 47.9 Å². The lowest BCUT2D eigenvalue weighted by Crippen LogP contribution is -2.37. The molecule has 0 aliphatic carbocycles. The Balaban J connectivity index is 0.00000205. The average Bonchev–Trinajstić information content (AvgIpc) is 3.42. The molecule has 0 spiro atoms. The molecule has 2 aromatic carbocycles. The van der Waals surface area contributed by atoms with Crippen LogP contribution in [0.3, 0.4) is 0 Å². The Labute approximate surface area is 232 Å². The summed E-state index contributed by atoms with van der Waals surface area (Å²) in [5, 5.41) is 9.36. The predicted octanol–water partition coefficient (Wildman–Crippen LogP) is 6.14. The SMILES string of the molecule is CC.CC(C)(C)c1cc(NC(=O)Nc2ccc(C#Cc3ccc(OCCCN4CCOCC4)cc3)cc2)no1. The average molecular weight is 533 g/mol. The van der Waals surface area contributed by atoms with Gasteiger partial charge in [0.15, 0.2) is 5.82 Å². The summed E-state index contributed by atoms with van der Waals surface area (Å²) in [6.45, 7) is 15.4. The van der Waals surface area contributed by atoms with Crippen LogP contribution >= 0.6 is 0 Å². The number of hydrogen-bond acceptors (Lipinski definition) is 6. The molecule has 1 fully saturated rings. The van der Waals surface area contributed by atoms with Crippen LogP contribution in [0.15, 0.2) is 59.1 Å². The molecule has 1 aliphatic rings. The summed E-state index contributed by atoms with van der Waals surface area (Å²) in [4.78, 5) is 14.7. The summed E-state index contributed by atoms with van der Waals surface area (Å²) in [7, 11) is 0. The van der Waals surface area contributed by atoms with Gasteiger partial charge in [-0.1, -0.05) is 51.6 Å². The van der Waals surface area contributed by atoms with E-state index in [0.717, 1.165) is 56.1 Å². The Morgan fingerprint density at radius 2 is 1.59 bits per heavy atom. The number of nitrogens with zero attached hydrogens (tertiary/aromatic N) is 2. The van der Waals surface area contributed by atoms with Crippen LogP contribution in [0, 0.1) is 11.8 Å². The van der Waals surface area contributed by atoms with Crippen molar-refractivity contribution in [3.8, 4) is 17.6 Å². The lowest BCUT2D eigenvalue weighted by molar-refractivity contribution is 0.0358. The summed E-state index contributed by atoms with van der Waals surface area (Å²) < 4.78 is 16.5. The van der Waals surface area contributed by atoms with Gasteiger partial charge >= 0.3 is 6.03 Å². The Morgan fingerprint density at radius 3 is 2.18 bits per heavy atom. The van der Waals surface area contributed by atoms with Gasteiger partial charge in [0.05, 0.1) is 19.8 Å². The number of morpholine rings is 1. The van der Waals surface area contributed by atoms with Crippen molar-refractivity contribution in [1.82, 2.24) is 10.1 Å². The molecule has 0 saturated carbocycles. The Morgan fingerprint density at radius 1 is 0.974 bits per heavy atom. The summed E-state index contributed by atoms with van der Waals surface area (Å²) in [6.07, 6.45) is 0.992. The predicted molar refractivity (Wildman–Crippen MR) is 155 cm³/mol. The van der Waals surface area contributed by atoms with Gasteiger partial charge < -0.3 is 19.3 Å². The van der Waals surface area contributed by atoms with Crippen LogP contribution in [-0.4, -0.2) is 55.5 Å². The molecule has 1 aromatic heterocycles. The van der Waals surface area contributed by atoms with Crippen LogP contribution in [0.25, 0.3) is 0 Å². The lowest BCUT2D eigenvalue weighted by atomic mass is 9.93. The summed E-state index contributed by atoms with van der Waals surface area (Å²) >= 11 is 0. The van der Waals surface area contributed by atoms with Gasteiger partial charge in [-0.3, -0.25) is 10.2 Å². The first-order chi connectivity index (χ1) is 18.8. The number of hydrogen-bond donors (Lipinski definition) is 2. The normalized spacial score (nSPS) is 13.4. The van der Waals surface area contributed by atoms with Crippen LogP contribution in [0.5, 0.6) is 5.75 Å². The van der Waals surface area contributed by atoms with Crippen molar-refractivity contribution in [3.05, 3.63) is 71.5 Å².